The van der Waals surface area contributed by atoms with Crippen LogP contribution in [0.1, 0.15) is 67.2 Å². The zero-order chi connectivity index (χ0) is 17.6. The third-order valence-electron chi connectivity index (χ3n) is 6.22. The lowest BCUT2D eigenvalue weighted by molar-refractivity contribution is 0.101. The van der Waals surface area contributed by atoms with Gasteiger partial charge in [-0.2, -0.15) is 0 Å². The van der Waals surface area contributed by atoms with E-state index in [2.05, 4.69) is 57.5 Å². The zero-order valence-electron chi connectivity index (χ0n) is 15.4. The van der Waals surface area contributed by atoms with Crippen molar-refractivity contribution in [3.8, 4) is 0 Å². The summed E-state index contributed by atoms with van der Waals surface area (Å²) in [7, 11) is -4.89. The van der Waals surface area contributed by atoms with E-state index in [9.17, 15) is 8.42 Å². The molecule has 0 saturated heterocycles. The first-order valence-corrected chi connectivity index (χ1v) is 13.8. The Morgan fingerprint density at radius 2 is 1.48 bits per heavy atom. The van der Waals surface area contributed by atoms with Crippen LogP contribution in [0.25, 0.3) is 0 Å². The summed E-state index contributed by atoms with van der Waals surface area (Å²) in [5.41, 5.74) is 1.65. The second-order valence-corrected chi connectivity index (χ2v) is 17.1. The van der Waals surface area contributed by atoms with Gasteiger partial charge >= 0.3 is 0 Å². The lowest BCUT2D eigenvalue weighted by Crippen LogP contribution is -2.55. The smallest absolute Gasteiger partial charge is 0.200 e. The van der Waals surface area contributed by atoms with E-state index >= 15 is 0 Å². The summed E-state index contributed by atoms with van der Waals surface area (Å²) in [5.74, 6) is 0. The van der Waals surface area contributed by atoms with Crippen molar-refractivity contribution in [1.82, 2.24) is 0 Å². The van der Waals surface area contributed by atoms with Crippen molar-refractivity contribution >= 4 is 34.1 Å². The lowest BCUT2D eigenvalue weighted by atomic mass is 9.96. The van der Waals surface area contributed by atoms with Crippen LogP contribution in [0.5, 0.6) is 0 Å². The summed E-state index contributed by atoms with van der Waals surface area (Å²) in [6, 6.07) is 0. The van der Waals surface area contributed by atoms with E-state index in [0.29, 0.717) is 34.8 Å². The average molecular weight is 426 g/mol. The van der Waals surface area contributed by atoms with Crippen LogP contribution in [0, 0.1) is 0 Å². The standard InChI is InChI=1S/C17H33BrO3SSi/c1-12(2)23(13(3)4,14(5)6)21-15-9-16(10-15)22(19,20)17(11-18)7-8-17/h12-16H,7-11H2,1-6H3/t15-,16+. The average Bonchev–Trinajstić information content (AvgIpc) is 3.16. The van der Waals surface area contributed by atoms with Crippen LogP contribution >= 0.6 is 15.9 Å². The molecule has 2 aliphatic rings. The van der Waals surface area contributed by atoms with E-state index in [-0.39, 0.29) is 11.4 Å². The molecule has 0 amide bonds. The van der Waals surface area contributed by atoms with Crippen molar-refractivity contribution in [1.29, 1.82) is 0 Å². The molecule has 0 unspecified atom stereocenters. The Morgan fingerprint density at radius 3 is 1.78 bits per heavy atom. The van der Waals surface area contributed by atoms with Crippen molar-refractivity contribution in [2.45, 2.75) is 100.0 Å². The van der Waals surface area contributed by atoms with Gasteiger partial charge in [0.25, 0.3) is 0 Å². The monoisotopic (exact) mass is 424 g/mol. The first kappa shape index (κ1) is 19.9. The van der Waals surface area contributed by atoms with Gasteiger partial charge in [0.2, 0.25) is 8.32 Å². The second kappa shape index (κ2) is 6.73. The summed E-state index contributed by atoms with van der Waals surface area (Å²) >= 11 is 3.41. The largest absolute Gasteiger partial charge is 0.413 e. The van der Waals surface area contributed by atoms with E-state index in [1.54, 1.807) is 0 Å². The number of hydrogen-bond acceptors (Lipinski definition) is 3. The van der Waals surface area contributed by atoms with Crippen LogP contribution in [0.3, 0.4) is 0 Å². The maximum atomic E-state index is 12.8. The fourth-order valence-corrected chi connectivity index (χ4v) is 14.1. The molecule has 0 atom stereocenters. The summed E-state index contributed by atoms with van der Waals surface area (Å²) < 4.78 is 31.8. The molecule has 0 radical (unpaired) electrons. The summed E-state index contributed by atoms with van der Waals surface area (Å²) in [5, 5.41) is 0.415. The van der Waals surface area contributed by atoms with Gasteiger partial charge in [-0.15, -0.1) is 0 Å². The maximum absolute atomic E-state index is 12.8. The molecule has 2 fully saturated rings. The lowest BCUT2D eigenvalue weighted by Gasteiger charge is -2.48. The molecule has 0 spiro atoms. The maximum Gasteiger partial charge on any atom is 0.200 e. The van der Waals surface area contributed by atoms with Crippen molar-refractivity contribution in [2.24, 2.45) is 0 Å². The minimum atomic E-state index is -3.00. The van der Waals surface area contributed by atoms with Crippen LogP contribution in [0.15, 0.2) is 0 Å². The molecule has 3 nitrogen and oxygen atoms in total. The van der Waals surface area contributed by atoms with E-state index < -0.39 is 22.9 Å². The zero-order valence-corrected chi connectivity index (χ0v) is 18.8. The SMILES string of the molecule is CC(C)[Si](O[C@H]1C[C@@H](S(=O)(=O)C2(CBr)CC2)C1)(C(C)C)C(C)C. The van der Waals surface area contributed by atoms with Crippen molar-refractivity contribution in [3.05, 3.63) is 0 Å². The topological polar surface area (TPSA) is 43.4 Å². The normalized spacial score (nSPS) is 27.6. The van der Waals surface area contributed by atoms with Crippen LogP contribution < -0.4 is 0 Å². The van der Waals surface area contributed by atoms with Gasteiger partial charge < -0.3 is 4.43 Å². The number of halogens is 1. The molecule has 2 saturated carbocycles. The van der Waals surface area contributed by atoms with E-state index in [1.807, 2.05) is 0 Å². The Labute approximate surface area is 152 Å². The number of hydrogen-bond donors (Lipinski definition) is 0. The minimum Gasteiger partial charge on any atom is -0.413 e. The van der Waals surface area contributed by atoms with Gasteiger partial charge in [-0.05, 0) is 42.3 Å². The fraction of sp³-hybridized carbons (Fsp3) is 1.00. The van der Waals surface area contributed by atoms with Gasteiger partial charge in [-0.25, -0.2) is 8.42 Å². The van der Waals surface area contributed by atoms with Crippen molar-refractivity contribution in [3.63, 3.8) is 0 Å². The second-order valence-electron chi connectivity index (χ2n) is 8.51. The Morgan fingerprint density at radius 1 is 1.04 bits per heavy atom. The molecule has 0 N–H and O–H groups in total. The van der Waals surface area contributed by atoms with Crippen molar-refractivity contribution < 1.29 is 12.8 Å². The van der Waals surface area contributed by atoms with E-state index in [1.165, 1.54) is 0 Å². The molecule has 6 heteroatoms. The van der Waals surface area contributed by atoms with Crippen LogP contribution in [-0.4, -0.2) is 38.2 Å². The Balaban J connectivity index is 2.04. The third kappa shape index (κ3) is 3.22. The molecule has 0 bridgehead atoms. The Hall–Kier alpha value is 0.607. The fourth-order valence-electron chi connectivity index (χ4n) is 4.55. The van der Waals surface area contributed by atoms with E-state index in [0.717, 1.165) is 12.8 Å². The Kier molecular flexibility index (Phi) is 5.83. The molecule has 0 aromatic rings. The highest BCUT2D eigenvalue weighted by Gasteiger charge is 2.59. The van der Waals surface area contributed by atoms with Gasteiger partial charge in [0.15, 0.2) is 9.84 Å². The first-order chi connectivity index (χ1) is 10.5. The highest BCUT2D eigenvalue weighted by atomic mass is 79.9. The molecule has 23 heavy (non-hydrogen) atoms. The summed E-state index contributed by atoms with van der Waals surface area (Å²) in [4.78, 5) is 0. The molecule has 2 aliphatic carbocycles. The quantitative estimate of drug-likeness (QED) is 0.404. The predicted octanol–water partition coefficient (Wildman–Crippen LogP) is 5.05. The minimum absolute atomic E-state index is 0.153. The molecule has 0 aromatic carbocycles. The molecule has 0 aromatic heterocycles. The predicted molar refractivity (Wildman–Crippen MR) is 104 cm³/mol. The molecule has 2 rings (SSSR count). The number of sulfone groups is 1. The molecule has 0 aliphatic heterocycles. The van der Waals surface area contributed by atoms with E-state index in [4.69, 9.17) is 4.43 Å². The molecule has 136 valence electrons. The van der Waals surface area contributed by atoms with Gasteiger partial charge in [-0.3, -0.25) is 0 Å². The van der Waals surface area contributed by atoms with Crippen molar-refractivity contribution in [2.75, 3.05) is 5.33 Å². The van der Waals surface area contributed by atoms with Crippen LogP contribution in [0.4, 0.5) is 0 Å². The van der Waals surface area contributed by atoms with Crippen LogP contribution in [0.2, 0.25) is 16.6 Å². The third-order valence-corrected chi connectivity index (χ3v) is 16.8. The Bertz CT molecular complexity index is 498. The molecule has 0 heterocycles. The summed E-state index contributed by atoms with van der Waals surface area (Å²) in [6.07, 6.45) is 3.21. The van der Waals surface area contributed by atoms with Gasteiger partial charge in [-0.1, -0.05) is 57.5 Å². The number of alkyl halides is 1. The highest BCUT2D eigenvalue weighted by molar-refractivity contribution is 9.09. The summed E-state index contributed by atoms with van der Waals surface area (Å²) in [6.45, 7) is 13.7. The number of rotatable bonds is 8. The van der Waals surface area contributed by atoms with Gasteiger partial charge in [0, 0.05) is 11.4 Å². The van der Waals surface area contributed by atoms with Gasteiger partial charge in [0.05, 0.1) is 10.00 Å². The van der Waals surface area contributed by atoms with Gasteiger partial charge in [0.1, 0.15) is 0 Å². The molecular weight excluding hydrogens is 392 g/mol. The van der Waals surface area contributed by atoms with Crippen LogP contribution in [-0.2, 0) is 14.3 Å². The molecular formula is C17H33BrO3SSi. The highest BCUT2D eigenvalue weighted by Crippen LogP contribution is 2.52. The first-order valence-electron chi connectivity index (χ1n) is 9.00.